The van der Waals surface area contributed by atoms with E-state index in [-0.39, 0.29) is 18.0 Å². The maximum absolute atomic E-state index is 10.9. The van der Waals surface area contributed by atoms with Gasteiger partial charge in [0.1, 0.15) is 0 Å². The van der Waals surface area contributed by atoms with Crippen molar-refractivity contribution in [2.75, 3.05) is 20.3 Å². The van der Waals surface area contributed by atoms with Crippen molar-refractivity contribution >= 4 is 5.97 Å². The highest BCUT2D eigenvalue weighted by Gasteiger charge is 2.22. The Morgan fingerprint density at radius 1 is 1.50 bits per heavy atom. The van der Waals surface area contributed by atoms with Gasteiger partial charge >= 0.3 is 5.97 Å². The average Bonchev–Trinajstić information content (AvgIpc) is 2.39. The van der Waals surface area contributed by atoms with E-state index in [9.17, 15) is 9.90 Å². The van der Waals surface area contributed by atoms with Crippen LogP contribution in [-0.4, -0.2) is 37.5 Å². The van der Waals surface area contributed by atoms with Gasteiger partial charge in [-0.25, -0.2) is 0 Å². The van der Waals surface area contributed by atoms with Gasteiger partial charge in [0.25, 0.3) is 0 Å². The van der Waals surface area contributed by atoms with Crippen LogP contribution in [0.5, 0.6) is 0 Å². The summed E-state index contributed by atoms with van der Waals surface area (Å²) >= 11 is 0. The highest BCUT2D eigenvalue weighted by molar-refractivity contribution is 5.69. The minimum atomic E-state index is -0.331. The zero-order chi connectivity index (χ0) is 10.4. The minimum Gasteiger partial charge on any atom is -0.469 e. The average molecular weight is 202 g/mol. The van der Waals surface area contributed by atoms with Crippen molar-refractivity contribution in [3.05, 3.63) is 0 Å². The summed E-state index contributed by atoms with van der Waals surface area (Å²) < 4.78 is 9.81. The Balaban J connectivity index is 2.29. The molecule has 2 atom stereocenters. The fourth-order valence-corrected chi connectivity index (χ4v) is 1.71. The molecule has 1 rings (SSSR count). The summed E-state index contributed by atoms with van der Waals surface area (Å²) in [6.45, 7) is 1.30. The number of methoxy groups -OCH3 is 1. The summed E-state index contributed by atoms with van der Waals surface area (Å²) in [5, 5.41) is 9.70. The number of esters is 1. The third-order valence-electron chi connectivity index (χ3n) is 2.68. The van der Waals surface area contributed by atoms with Crippen molar-refractivity contribution in [1.82, 2.24) is 0 Å². The largest absolute Gasteiger partial charge is 0.469 e. The lowest BCUT2D eigenvalue weighted by Crippen LogP contribution is -2.21. The molecule has 0 radical (unpaired) electrons. The van der Waals surface area contributed by atoms with Crippen molar-refractivity contribution in [2.45, 2.75) is 31.8 Å². The third-order valence-corrected chi connectivity index (χ3v) is 2.68. The van der Waals surface area contributed by atoms with Crippen molar-refractivity contribution < 1.29 is 19.4 Å². The normalized spacial score (nSPS) is 28.1. The van der Waals surface area contributed by atoms with Gasteiger partial charge in [0, 0.05) is 19.6 Å². The lowest BCUT2D eigenvalue weighted by atomic mass is 9.92. The molecule has 1 fully saturated rings. The van der Waals surface area contributed by atoms with Crippen LogP contribution in [0.1, 0.15) is 25.7 Å². The predicted octanol–water partition coefficient (Wildman–Crippen LogP) is 0.727. The molecule has 0 aromatic heterocycles. The topological polar surface area (TPSA) is 55.8 Å². The zero-order valence-electron chi connectivity index (χ0n) is 8.57. The van der Waals surface area contributed by atoms with E-state index in [2.05, 4.69) is 4.74 Å². The molecule has 4 heteroatoms. The molecule has 0 unspecified atom stereocenters. The van der Waals surface area contributed by atoms with Gasteiger partial charge in [-0.2, -0.15) is 0 Å². The summed E-state index contributed by atoms with van der Waals surface area (Å²) in [6.07, 6.45) is 2.25. The van der Waals surface area contributed by atoms with Crippen molar-refractivity contribution in [3.63, 3.8) is 0 Å². The van der Waals surface area contributed by atoms with Crippen LogP contribution in [0, 0.1) is 5.92 Å². The van der Waals surface area contributed by atoms with Gasteiger partial charge < -0.3 is 14.6 Å². The van der Waals surface area contributed by atoms with Gasteiger partial charge in [-0.1, -0.05) is 0 Å². The van der Waals surface area contributed by atoms with Crippen molar-refractivity contribution in [1.29, 1.82) is 0 Å². The highest BCUT2D eigenvalue weighted by atomic mass is 16.5. The number of aliphatic hydroxyl groups is 1. The fraction of sp³-hybridized carbons (Fsp3) is 0.900. The number of ether oxygens (including phenoxy) is 2. The second-order valence-corrected chi connectivity index (χ2v) is 3.63. The zero-order valence-corrected chi connectivity index (χ0v) is 8.57. The molecule has 82 valence electrons. The maximum atomic E-state index is 10.9. The lowest BCUT2D eigenvalue weighted by molar-refractivity contribution is -0.141. The first-order valence-corrected chi connectivity index (χ1v) is 5.06. The van der Waals surface area contributed by atoms with E-state index in [0.29, 0.717) is 32.5 Å². The summed E-state index contributed by atoms with van der Waals surface area (Å²) in [6, 6.07) is 0. The number of carbonyl (C=O) groups excluding carboxylic acids is 1. The highest BCUT2D eigenvalue weighted by Crippen LogP contribution is 2.21. The van der Waals surface area contributed by atoms with Crippen LogP contribution in [-0.2, 0) is 14.3 Å². The van der Waals surface area contributed by atoms with Crippen LogP contribution in [0.4, 0.5) is 0 Å². The Kier molecular flexibility index (Phi) is 4.90. The summed E-state index contributed by atoms with van der Waals surface area (Å²) in [5.74, 6) is -0.0287. The first kappa shape index (κ1) is 11.5. The molecule has 1 N–H and O–H groups in total. The molecule has 1 saturated heterocycles. The van der Waals surface area contributed by atoms with Crippen LogP contribution in [0.15, 0.2) is 0 Å². The Morgan fingerprint density at radius 2 is 2.21 bits per heavy atom. The number of rotatable bonds is 3. The SMILES string of the molecule is COC(=O)CC[C@H]1CCOCC[C@H]1O. The Labute approximate surface area is 84.2 Å². The fourth-order valence-electron chi connectivity index (χ4n) is 1.71. The summed E-state index contributed by atoms with van der Waals surface area (Å²) in [5.41, 5.74) is 0. The van der Waals surface area contributed by atoms with E-state index in [0.717, 1.165) is 6.42 Å². The molecule has 0 aromatic rings. The van der Waals surface area contributed by atoms with E-state index < -0.39 is 0 Å². The van der Waals surface area contributed by atoms with E-state index >= 15 is 0 Å². The van der Waals surface area contributed by atoms with E-state index in [1.807, 2.05) is 0 Å². The number of aliphatic hydroxyl groups excluding tert-OH is 1. The first-order valence-electron chi connectivity index (χ1n) is 5.06. The van der Waals surface area contributed by atoms with Crippen LogP contribution in [0.25, 0.3) is 0 Å². The van der Waals surface area contributed by atoms with Crippen LogP contribution in [0.3, 0.4) is 0 Å². The van der Waals surface area contributed by atoms with E-state index in [4.69, 9.17) is 4.74 Å². The van der Waals surface area contributed by atoms with Gasteiger partial charge in [0.05, 0.1) is 13.2 Å². The first-order chi connectivity index (χ1) is 6.74. The number of hydrogen-bond acceptors (Lipinski definition) is 4. The van der Waals surface area contributed by atoms with Crippen LogP contribution >= 0.6 is 0 Å². The second-order valence-electron chi connectivity index (χ2n) is 3.63. The van der Waals surface area contributed by atoms with Gasteiger partial charge in [0.15, 0.2) is 0 Å². The molecular formula is C10H18O4. The quantitative estimate of drug-likeness (QED) is 0.685. The molecule has 0 bridgehead atoms. The molecular weight excluding hydrogens is 184 g/mol. The van der Waals surface area contributed by atoms with E-state index in [1.165, 1.54) is 7.11 Å². The predicted molar refractivity (Wildman–Crippen MR) is 50.8 cm³/mol. The van der Waals surface area contributed by atoms with Gasteiger partial charge in [-0.15, -0.1) is 0 Å². The Morgan fingerprint density at radius 3 is 2.93 bits per heavy atom. The molecule has 0 aromatic carbocycles. The molecule has 0 aliphatic carbocycles. The monoisotopic (exact) mass is 202 g/mol. The Bertz CT molecular complexity index is 181. The van der Waals surface area contributed by atoms with Crippen molar-refractivity contribution in [2.24, 2.45) is 5.92 Å². The number of carbonyl (C=O) groups is 1. The summed E-state index contributed by atoms with van der Waals surface area (Å²) in [7, 11) is 1.38. The van der Waals surface area contributed by atoms with Gasteiger partial charge in [-0.05, 0) is 25.2 Å². The minimum absolute atomic E-state index is 0.177. The molecule has 4 nitrogen and oxygen atoms in total. The van der Waals surface area contributed by atoms with E-state index in [1.54, 1.807) is 0 Å². The molecule has 0 saturated carbocycles. The number of hydrogen-bond donors (Lipinski definition) is 1. The maximum Gasteiger partial charge on any atom is 0.305 e. The van der Waals surface area contributed by atoms with Crippen LogP contribution < -0.4 is 0 Å². The molecule has 0 spiro atoms. The standard InChI is InChI=1S/C10H18O4/c1-13-10(12)3-2-8-4-6-14-7-5-9(8)11/h8-9,11H,2-7H2,1H3/t8-,9+/m0/s1. The van der Waals surface area contributed by atoms with Gasteiger partial charge in [-0.3, -0.25) is 4.79 Å². The van der Waals surface area contributed by atoms with Crippen LogP contribution in [0.2, 0.25) is 0 Å². The van der Waals surface area contributed by atoms with Crippen molar-refractivity contribution in [3.8, 4) is 0 Å². The molecule has 1 aliphatic rings. The summed E-state index contributed by atoms with van der Waals surface area (Å²) in [4.78, 5) is 10.9. The molecule has 1 heterocycles. The lowest BCUT2D eigenvalue weighted by Gasteiger charge is -2.18. The second kappa shape index (κ2) is 5.98. The van der Waals surface area contributed by atoms with Gasteiger partial charge in [0.2, 0.25) is 0 Å². The third kappa shape index (κ3) is 3.64. The molecule has 0 amide bonds. The molecule has 1 aliphatic heterocycles. The molecule has 14 heavy (non-hydrogen) atoms. The Hall–Kier alpha value is -0.610. The smallest absolute Gasteiger partial charge is 0.305 e.